The van der Waals surface area contributed by atoms with Crippen LogP contribution in [0.2, 0.25) is 0 Å². The molecule has 0 atom stereocenters. The van der Waals surface area contributed by atoms with Gasteiger partial charge in [-0.05, 0) is 6.07 Å². The first-order valence-corrected chi connectivity index (χ1v) is 8.23. The van der Waals surface area contributed by atoms with Gasteiger partial charge in [0, 0.05) is 48.6 Å². The van der Waals surface area contributed by atoms with Crippen LogP contribution in [0.15, 0.2) is 18.5 Å². The zero-order chi connectivity index (χ0) is 16.9. The van der Waals surface area contributed by atoms with E-state index in [0.29, 0.717) is 6.54 Å². The molecule has 0 unspecified atom stereocenters. The summed E-state index contributed by atoms with van der Waals surface area (Å²) in [4.78, 5) is 6.85. The number of hydrogen-bond donors (Lipinski definition) is 2. The van der Waals surface area contributed by atoms with Gasteiger partial charge >= 0.3 is 0 Å². The third kappa shape index (κ3) is 2.36. The van der Waals surface area contributed by atoms with E-state index in [4.69, 9.17) is 5.10 Å². The van der Waals surface area contributed by atoms with E-state index in [1.807, 2.05) is 10.7 Å². The van der Waals surface area contributed by atoms with Gasteiger partial charge in [-0.3, -0.25) is 5.10 Å². The number of nitrogens with zero attached hydrogens (tertiary/aromatic N) is 5. The number of anilines is 1. The van der Waals surface area contributed by atoms with Gasteiger partial charge in [-0.2, -0.15) is 10.2 Å². The number of aliphatic hydroxyl groups is 1. The van der Waals surface area contributed by atoms with Gasteiger partial charge in [0.25, 0.3) is 0 Å². The second-order valence-electron chi connectivity index (χ2n) is 7.32. The average Bonchev–Trinajstić information content (AvgIpc) is 3.17. The molecule has 0 fully saturated rings. The summed E-state index contributed by atoms with van der Waals surface area (Å²) in [6.45, 7) is 8.00. The number of aromatic nitrogens is 5. The minimum atomic E-state index is -0.0435. The smallest absolute Gasteiger partial charge is 0.155 e. The molecule has 4 heterocycles. The molecule has 0 radical (unpaired) electrons. The summed E-state index contributed by atoms with van der Waals surface area (Å²) in [5.41, 5.74) is 4.99. The highest BCUT2D eigenvalue weighted by atomic mass is 16.3. The number of hydrogen-bond acceptors (Lipinski definition) is 5. The minimum Gasteiger partial charge on any atom is -0.390 e. The molecule has 7 heteroatoms. The zero-order valence-corrected chi connectivity index (χ0v) is 14.2. The number of H-pyrrole nitrogens is 1. The van der Waals surface area contributed by atoms with Crippen LogP contribution in [0.4, 0.5) is 5.82 Å². The molecule has 0 amide bonds. The first-order chi connectivity index (χ1) is 11.5. The maximum Gasteiger partial charge on any atom is 0.155 e. The number of aliphatic hydroxyl groups excluding tert-OH is 1. The Hall–Kier alpha value is -2.41. The van der Waals surface area contributed by atoms with Crippen LogP contribution in [0.1, 0.15) is 43.4 Å². The lowest BCUT2D eigenvalue weighted by Gasteiger charge is -2.28. The van der Waals surface area contributed by atoms with E-state index in [9.17, 15) is 5.11 Å². The van der Waals surface area contributed by atoms with Crippen molar-refractivity contribution in [2.45, 2.75) is 45.8 Å². The van der Waals surface area contributed by atoms with Crippen LogP contribution in [0.5, 0.6) is 0 Å². The van der Waals surface area contributed by atoms with Crippen LogP contribution in [-0.2, 0) is 25.0 Å². The number of rotatable bonds is 2. The van der Waals surface area contributed by atoms with Crippen LogP contribution >= 0.6 is 0 Å². The second-order valence-corrected chi connectivity index (χ2v) is 7.32. The summed E-state index contributed by atoms with van der Waals surface area (Å²) in [5, 5.41) is 21.4. The van der Waals surface area contributed by atoms with E-state index in [1.165, 1.54) is 0 Å². The van der Waals surface area contributed by atoms with Crippen molar-refractivity contribution in [1.82, 2.24) is 24.8 Å². The summed E-state index contributed by atoms with van der Waals surface area (Å²) in [6, 6.07) is 2.13. The monoisotopic (exact) mass is 326 g/mol. The number of aromatic amines is 1. The highest BCUT2D eigenvalue weighted by Gasteiger charge is 2.25. The van der Waals surface area contributed by atoms with Crippen molar-refractivity contribution in [2.75, 3.05) is 11.4 Å². The van der Waals surface area contributed by atoms with Gasteiger partial charge in [-0.1, -0.05) is 20.8 Å². The third-order valence-corrected chi connectivity index (χ3v) is 4.61. The fourth-order valence-corrected chi connectivity index (χ4v) is 3.18. The Morgan fingerprint density at radius 3 is 2.92 bits per heavy atom. The largest absolute Gasteiger partial charge is 0.390 e. The SMILES string of the molecule is CC(C)(C)c1cc2c(N3CCc4[nH]nc(CO)c4C3)nccn2n1. The Morgan fingerprint density at radius 2 is 2.17 bits per heavy atom. The molecular weight excluding hydrogens is 304 g/mol. The maximum absolute atomic E-state index is 9.47. The van der Waals surface area contributed by atoms with E-state index in [0.717, 1.165) is 46.9 Å². The van der Waals surface area contributed by atoms with Gasteiger partial charge in [0.1, 0.15) is 5.52 Å². The summed E-state index contributed by atoms with van der Waals surface area (Å²) in [5.74, 6) is 0.927. The van der Waals surface area contributed by atoms with E-state index in [1.54, 1.807) is 6.20 Å². The molecule has 126 valence electrons. The zero-order valence-electron chi connectivity index (χ0n) is 14.2. The highest BCUT2D eigenvalue weighted by molar-refractivity contribution is 5.70. The Labute approximate surface area is 140 Å². The van der Waals surface area contributed by atoms with Crippen molar-refractivity contribution in [2.24, 2.45) is 0 Å². The molecule has 0 saturated heterocycles. The van der Waals surface area contributed by atoms with Gasteiger partial charge in [0.2, 0.25) is 0 Å². The fraction of sp³-hybridized carbons (Fsp3) is 0.471. The average molecular weight is 326 g/mol. The van der Waals surface area contributed by atoms with Gasteiger partial charge < -0.3 is 10.0 Å². The normalized spacial score (nSPS) is 15.1. The maximum atomic E-state index is 9.47. The molecule has 0 saturated carbocycles. The quantitative estimate of drug-likeness (QED) is 0.750. The first-order valence-electron chi connectivity index (χ1n) is 8.23. The van der Waals surface area contributed by atoms with Crippen molar-refractivity contribution in [3.05, 3.63) is 41.1 Å². The van der Waals surface area contributed by atoms with Crippen molar-refractivity contribution >= 4 is 11.3 Å². The van der Waals surface area contributed by atoms with Crippen LogP contribution in [0.3, 0.4) is 0 Å². The van der Waals surface area contributed by atoms with E-state index in [2.05, 4.69) is 46.9 Å². The van der Waals surface area contributed by atoms with Crippen LogP contribution < -0.4 is 4.90 Å². The summed E-state index contributed by atoms with van der Waals surface area (Å²) in [6.07, 6.45) is 4.55. The molecule has 0 aliphatic carbocycles. The first kappa shape index (κ1) is 15.1. The van der Waals surface area contributed by atoms with E-state index < -0.39 is 0 Å². The Bertz CT molecular complexity index is 875. The standard InChI is InChI=1S/C17H22N6O/c1-17(2,3)15-8-14-16(18-5-7-23(14)21-15)22-6-4-12-11(9-22)13(10-24)20-19-12/h5,7-8,24H,4,6,9-10H2,1-3H3,(H,19,20). The molecule has 4 rings (SSSR count). The molecule has 1 aliphatic rings. The second kappa shape index (κ2) is 5.31. The van der Waals surface area contributed by atoms with Crippen LogP contribution in [0.25, 0.3) is 5.52 Å². The number of nitrogens with one attached hydrogen (secondary N) is 1. The van der Waals surface area contributed by atoms with Gasteiger partial charge in [0.15, 0.2) is 5.82 Å². The molecule has 2 N–H and O–H groups in total. The van der Waals surface area contributed by atoms with Crippen LogP contribution in [0, 0.1) is 0 Å². The lowest BCUT2D eigenvalue weighted by Crippen LogP contribution is -2.31. The molecule has 0 spiro atoms. The summed E-state index contributed by atoms with van der Waals surface area (Å²) >= 11 is 0. The van der Waals surface area contributed by atoms with Crippen molar-refractivity contribution in [3.63, 3.8) is 0 Å². The van der Waals surface area contributed by atoms with Gasteiger partial charge in [-0.25, -0.2) is 9.50 Å². The van der Waals surface area contributed by atoms with Gasteiger partial charge in [0.05, 0.1) is 18.0 Å². The van der Waals surface area contributed by atoms with Crippen molar-refractivity contribution in [1.29, 1.82) is 0 Å². The molecular formula is C17H22N6O. The molecule has 3 aromatic rings. The molecule has 0 aromatic carbocycles. The lowest BCUT2D eigenvalue weighted by molar-refractivity contribution is 0.275. The molecule has 0 bridgehead atoms. The highest BCUT2D eigenvalue weighted by Crippen LogP contribution is 2.29. The van der Waals surface area contributed by atoms with E-state index in [-0.39, 0.29) is 12.0 Å². The minimum absolute atomic E-state index is 0.00697. The third-order valence-electron chi connectivity index (χ3n) is 4.61. The Balaban J connectivity index is 1.76. The predicted molar refractivity (Wildman–Crippen MR) is 91.0 cm³/mol. The topological polar surface area (TPSA) is 82.3 Å². The lowest BCUT2D eigenvalue weighted by atomic mass is 9.92. The molecule has 1 aliphatic heterocycles. The molecule has 7 nitrogen and oxygen atoms in total. The Kier molecular flexibility index (Phi) is 3.35. The van der Waals surface area contributed by atoms with Crippen LogP contribution in [-0.4, -0.2) is 36.4 Å². The fourth-order valence-electron chi connectivity index (χ4n) is 3.18. The van der Waals surface area contributed by atoms with Crippen molar-refractivity contribution in [3.8, 4) is 0 Å². The molecule has 3 aromatic heterocycles. The van der Waals surface area contributed by atoms with Gasteiger partial charge in [-0.15, -0.1) is 0 Å². The van der Waals surface area contributed by atoms with E-state index >= 15 is 0 Å². The van der Waals surface area contributed by atoms with Crippen molar-refractivity contribution < 1.29 is 5.11 Å². The number of fused-ring (bicyclic) bond motifs is 2. The summed E-state index contributed by atoms with van der Waals surface area (Å²) in [7, 11) is 0. The summed E-state index contributed by atoms with van der Waals surface area (Å²) < 4.78 is 1.90. The molecule has 24 heavy (non-hydrogen) atoms. The predicted octanol–water partition coefficient (Wildman–Crippen LogP) is 1.80. The Morgan fingerprint density at radius 1 is 1.33 bits per heavy atom.